The number of allylic oxidation sites excluding steroid dienone is 5. The fourth-order valence-corrected chi connectivity index (χ4v) is 6.63. The van der Waals surface area contributed by atoms with E-state index in [4.69, 9.17) is 5.10 Å². The third-order valence-electron chi connectivity index (χ3n) is 9.06. The molecule has 6 rings (SSSR count). The molecule has 42 heavy (non-hydrogen) atoms. The first-order valence-corrected chi connectivity index (χ1v) is 15.5. The third-order valence-corrected chi connectivity index (χ3v) is 9.06. The van der Waals surface area contributed by atoms with Gasteiger partial charge in [-0.25, -0.2) is 0 Å². The summed E-state index contributed by atoms with van der Waals surface area (Å²) in [6.07, 6.45) is 13.9. The lowest BCUT2D eigenvalue weighted by Crippen LogP contribution is -2.44. The van der Waals surface area contributed by atoms with Crippen molar-refractivity contribution in [3.8, 4) is 11.4 Å². The minimum atomic E-state index is 0.746. The molecule has 1 saturated heterocycles. The Kier molecular flexibility index (Phi) is 8.34. The van der Waals surface area contributed by atoms with E-state index in [9.17, 15) is 0 Å². The zero-order chi connectivity index (χ0) is 29.1. The lowest BCUT2D eigenvalue weighted by Gasteiger charge is -2.34. The second kappa shape index (κ2) is 12.5. The van der Waals surface area contributed by atoms with Gasteiger partial charge in [0.25, 0.3) is 0 Å². The Bertz CT molecular complexity index is 1640. The van der Waals surface area contributed by atoms with E-state index in [1.54, 1.807) is 0 Å². The van der Waals surface area contributed by atoms with Crippen LogP contribution in [-0.4, -0.2) is 53.3 Å². The van der Waals surface area contributed by atoms with Gasteiger partial charge in [0.05, 0.1) is 11.2 Å². The average molecular weight is 561 g/mol. The summed E-state index contributed by atoms with van der Waals surface area (Å²) >= 11 is 0. The van der Waals surface area contributed by atoms with Crippen LogP contribution in [0.15, 0.2) is 85.2 Å². The second-order valence-corrected chi connectivity index (χ2v) is 12.0. The number of rotatable bonds is 9. The molecule has 6 nitrogen and oxygen atoms in total. The number of anilines is 1. The standard InChI is InChI=1S/C36H44N6/c1-5-27(22-29(6-2)37-25(3)21-26-11-8-7-9-12-26)28-15-16-33-31(23-28)36(40-39-33)34-24-30-32(38-34)13-10-14-35(30)42-19-17-41(4)18-20-42/h5-6,10,13-16,22-24,26,37-38H,2-3,7-9,11-12,17-21H2,1,4H3,(H,39,40)/b27-5+,29-22+. The maximum atomic E-state index is 4.76. The highest BCUT2D eigenvalue weighted by Gasteiger charge is 2.19. The largest absolute Gasteiger partial charge is 0.368 e. The van der Waals surface area contributed by atoms with Gasteiger partial charge >= 0.3 is 0 Å². The molecule has 0 unspecified atom stereocenters. The molecule has 1 saturated carbocycles. The number of fused-ring (bicyclic) bond motifs is 2. The maximum Gasteiger partial charge on any atom is 0.116 e. The molecular weight excluding hydrogens is 516 g/mol. The molecule has 3 heterocycles. The lowest BCUT2D eigenvalue weighted by atomic mass is 9.86. The first kappa shape index (κ1) is 28.1. The van der Waals surface area contributed by atoms with E-state index >= 15 is 0 Å². The molecule has 218 valence electrons. The van der Waals surface area contributed by atoms with Gasteiger partial charge in [0.1, 0.15) is 5.69 Å². The fourth-order valence-electron chi connectivity index (χ4n) is 6.63. The van der Waals surface area contributed by atoms with E-state index in [1.807, 2.05) is 6.08 Å². The minimum Gasteiger partial charge on any atom is -0.368 e. The van der Waals surface area contributed by atoms with E-state index < -0.39 is 0 Å². The Balaban J connectivity index is 1.27. The van der Waals surface area contributed by atoms with Crippen LogP contribution < -0.4 is 10.2 Å². The van der Waals surface area contributed by atoms with Gasteiger partial charge in [-0.3, -0.25) is 5.10 Å². The molecule has 0 bridgehead atoms. The van der Waals surface area contributed by atoms with Gasteiger partial charge in [-0.15, -0.1) is 0 Å². The van der Waals surface area contributed by atoms with Crippen molar-refractivity contribution in [1.29, 1.82) is 0 Å². The summed E-state index contributed by atoms with van der Waals surface area (Å²) in [7, 11) is 2.20. The van der Waals surface area contributed by atoms with E-state index in [0.29, 0.717) is 0 Å². The monoisotopic (exact) mass is 560 g/mol. The smallest absolute Gasteiger partial charge is 0.116 e. The number of nitrogens with zero attached hydrogens (tertiary/aromatic N) is 3. The molecule has 3 N–H and O–H groups in total. The Morgan fingerprint density at radius 3 is 2.60 bits per heavy atom. The maximum absolute atomic E-state index is 4.76. The predicted molar refractivity (Wildman–Crippen MR) is 178 cm³/mol. The molecule has 0 spiro atoms. The Labute approximate surface area is 249 Å². The normalized spacial score (nSPS) is 17.7. The summed E-state index contributed by atoms with van der Waals surface area (Å²) in [6, 6.07) is 15.3. The lowest BCUT2D eigenvalue weighted by molar-refractivity contribution is 0.313. The Morgan fingerprint density at radius 1 is 1.02 bits per heavy atom. The molecule has 2 aromatic heterocycles. The number of benzene rings is 2. The van der Waals surface area contributed by atoms with Gasteiger partial charge in [0.2, 0.25) is 0 Å². The number of aromatic nitrogens is 3. The van der Waals surface area contributed by atoms with Crippen molar-refractivity contribution in [2.24, 2.45) is 5.92 Å². The molecule has 2 aliphatic rings. The van der Waals surface area contributed by atoms with Crippen LogP contribution in [0.4, 0.5) is 5.69 Å². The van der Waals surface area contributed by atoms with Crippen LogP contribution in [0, 0.1) is 5.92 Å². The summed E-state index contributed by atoms with van der Waals surface area (Å²) in [4.78, 5) is 8.55. The number of H-pyrrole nitrogens is 2. The van der Waals surface area contributed by atoms with Crippen molar-refractivity contribution in [1.82, 2.24) is 25.4 Å². The first-order chi connectivity index (χ1) is 20.5. The van der Waals surface area contributed by atoms with Crippen LogP contribution in [0.2, 0.25) is 0 Å². The van der Waals surface area contributed by atoms with Crippen molar-refractivity contribution >= 4 is 33.1 Å². The topological polar surface area (TPSA) is 63.0 Å². The highest BCUT2D eigenvalue weighted by Crippen LogP contribution is 2.35. The number of nitrogens with one attached hydrogen (secondary N) is 3. The quantitative estimate of drug-likeness (QED) is 0.182. The second-order valence-electron chi connectivity index (χ2n) is 12.0. The van der Waals surface area contributed by atoms with Gasteiger partial charge in [-0.05, 0) is 79.9 Å². The van der Waals surface area contributed by atoms with E-state index in [1.165, 1.54) is 43.2 Å². The van der Waals surface area contributed by atoms with Gasteiger partial charge in [0.15, 0.2) is 0 Å². The zero-order valence-corrected chi connectivity index (χ0v) is 25.2. The van der Waals surface area contributed by atoms with Crippen molar-refractivity contribution in [2.45, 2.75) is 45.4 Å². The SMILES string of the molecule is C=C/C(=C\C(=C/C)c1ccc2[nH]nc(-c3cc4c(N5CCN(C)CC5)cccc4[nH]3)c2c1)NC(=C)CC1CCCCC1. The Morgan fingerprint density at radius 2 is 1.83 bits per heavy atom. The van der Waals surface area contributed by atoms with E-state index in [0.717, 1.165) is 88.9 Å². The van der Waals surface area contributed by atoms with Gasteiger partial charge in [0, 0.05) is 59.5 Å². The zero-order valence-electron chi connectivity index (χ0n) is 25.2. The number of aromatic amines is 2. The van der Waals surface area contributed by atoms with E-state index in [2.05, 4.69) is 107 Å². The molecule has 0 amide bonds. The summed E-state index contributed by atoms with van der Waals surface area (Å²) in [5.41, 5.74) is 9.74. The van der Waals surface area contributed by atoms with Gasteiger partial charge in [-0.2, -0.15) is 5.10 Å². The number of likely N-dealkylation sites (N-methyl/N-ethyl adjacent to an activating group) is 1. The molecule has 1 aliphatic heterocycles. The molecule has 4 aromatic rings. The van der Waals surface area contributed by atoms with Gasteiger partial charge < -0.3 is 20.1 Å². The van der Waals surface area contributed by atoms with Crippen LogP contribution >= 0.6 is 0 Å². The van der Waals surface area contributed by atoms with Gasteiger partial charge in [-0.1, -0.05) is 63.5 Å². The van der Waals surface area contributed by atoms with E-state index in [-0.39, 0.29) is 0 Å². The molecule has 1 aliphatic carbocycles. The summed E-state index contributed by atoms with van der Waals surface area (Å²) in [5, 5.41) is 13.9. The number of hydrogen-bond donors (Lipinski definition) is 3. The van der Waals surface area contributed by atoms with Crippen molar-refractivity contribution in [3.63, 3.8) is 0 Å². The van der Waals surface area contributed by atoms with Crippen molar-refractivity contribution < 1.29 is 0 Å². The summed E-state index contributed by atoms with van der Waals surface area (Å²) in [5.74, 6) is 0.746. The molecule has 6 heteroatoms. The first-order valence-electron chi connectivity index (χ1n) is 15.5. The predicted octanol–water partition coefficient (Wildman–Crippen LogP) is 8.01. The molecule has 2 aromatic carbocycles. The van der Waals surface area contributed by atoms with Crippen LogP contribution in [0.25, 0.3) is 38.8 Å². The number of hydrogen-bond acceptors (Lipinski definition) is 4. The van der Waals surface area contributed by atoms with Crippen molar-refractivity contribution in [3.05, 3.63) is 90.8 Å². The van der Waals surface area contributed by atoms with Crippen LogP contribution in [0.3, 0.4) is 0 Å². The van der Waals surface area contributed by atoms with Crippen LogP contribution in [-0.2, 0) is 0 Å². The number of piperazine rings is 1. The Hall–Kier alpha value is -4.03. The highest BCUT2D eigenvalue weighted by atomic mass is 15.2. The van der Waals surface area contributed by atoms with Crippen molar-refractivity contribution in [2.75, 3.05) is 38.1 Å². The molecule has 0 atom stereocenters. The minimum absolute atomic E-state index is 0.746. The fraction of sp³-hybridized carbons (Fsp3) is 0.361. The average Bonchev–Trinajstić information content (AvgIpc) is 3.64. The molecule has 2 fully saturated rings. The summed E-state index contributed by atoms with van der Waals surface area (Å²) < 4.78 is 0. The molecular formula is C36H44N6. The highest BCUT2D eigenvalue weighted by molar-refractivity contribution is 6.00. The summed E-state index contributed by atoms with van der Waals surface area (Å²) in [6.45, 7) is 14.8. The third kappa shape index (κ3) is 5.95. The van der Waals surface area contributed by atoms with Crippen LogP contribution in [0.1, 0.15) is 51.0 Å². The molecule has 0 radical (unpaired) electrons. The van der Waals surface area contributed by atoms with Crippen LogP contribution in [0.5, 0.6) is 0 Å².